The highest BCUT2D eigenvalue weighted by Crippen LogP contribution is 2.19. The number of hydrogen-bond acceptors (Lipinski definition) is 4. The molecule has 0 radical (unpaired) electrons. The summed E-state index contributed by atoms with van der Waals surface area (Å²) in [4.78, 5) is 22.8. The molecular formula is C9H9F3N2O4. The van der Waals surface area contributed by atoms with Crippen LogP contribution in [0.3, 0.4) is 0 Å². The Hall–Kier alpha value is -2.06. The molecule has 1 aromatic heterocycles. The summed E-state index contributed by atoms with van der Waals surface area (Å²) in [5.41, 5.74) is -0.350. The third-order valence-electron chi connectivity index (χ3n) is 2.02. The fourth-order valence-electron chi connectivity index (χ4n) is 1.07. The van der Waals surface area contributed by atoms with E-state index in [-0.39, 0.29) is 5.69 Å². The lowest BCUT2D eigenvalue weighted by Crippen LogP contribution is -2.30. The molecule has 0 atom stereocenters. The highest BCUT2D eigenvalue weighted by atomic mass is 19.4. The van der Waals surface area contributed by atoms with Crippen LogP contribution in [0.25, 0.3) is 0 Å². The number of carboxylic acid groups (broad SMARTS) is 1. The molecule has 0 saturated carbocycles. The molecule has 0 saturated heterocycles. The van der Waals surface area contributed by atoms with Crippen molar-refractivity contribution in [3.63, 3.8) is 0 Å². The van der Waals surface area contributed by atoms with Crippen LogP contribution in [0, 0.1) is 0 Å². The maximum atomic E-state index is 11.9. The first-order chi connectivity index (χ1) is 8.20. The smallest absolute Gasteiger partial charge is 0.390 e. The maximum Gasteiger partial charge on any atom is 0.390 e. The van der Waals surface area contributed by atoms with Crippen molar-refractivity contribution < 1.29 is 32.4 Å². The quantitative estimate of drug-likeness (QED) is 0.890. The van der Waals surface area contributed by atoms with E-state index in [0.29, 0.717) is 0 Å². The van der Waals surface area contributed by atoms with E-state index < -0.39 is 36.8 Å². The largest absolute Gasteiger partial charge is 0.475 e. The number of hydrogen-bond donors (Lipinski definition) is 1. The first kappa shape index (κ1) is 14.0. The topological polar surface area (TPSA) is 83.6 Å². The highest BCUT2D eigenvalue weighted by Gasteiger charge is 2.29. The van der Waals surface area contributed by atoms with Crippen LogP contribution in [-0.2, 0) is 0 Å². The van der Waals surface area contributed by atoms with Crippen molar-refractivity contribution in [1.29, 1.82) is 0 Å². The van der Waals surface area contributed by atoms with E-state index in [4.69, 9.17) is 5.11 Å². The molecule has 1 N–H and O–H groups in total. The SMILES string of the molecule is CN(CCC(F)(F)F)C(=O)c1cc(C(=O)O)on1. The molecule has 18 heavy (non-hydrogen) atoms. The Morgan fingerprint density at radius 3 is 2.56 bits per heavy atom. The molecule has 0 aliphatic carbocycles. The van der Waals surface area contributed by atoms with Crippen LogP contribution >= 0.6 is 0 Å². The van der Waals surface area contributed by atoms with Gasteiger partial charge in [0, 0.05) is 19.7 Å². The second-order valence-corrected chi connectivity index (χ2v) is 3.47. The van der Waals surface area contributed by atoms with Crippen LogP contribution in [0.15, 0.2) is 10.6 Å². The van der Waals surface area contributed by atoms with Crippen LogP contribution in [0.4, 0.5) is 13.2 Å². The molecule has 9 heteroatoms. The number of alkyl halides is 3. The molecular weight excluding hydrogens is 257 g/mol. The van der Waals surface area contributed by atoms with Gasteiger partial charge in [0.2, 0.25) is 5.76 Å². The zero-order chi connectivity index (χ0) is 13.9. The molecule has 0 aliphatic heterocycles. The van der Waals surface area contributed by atoms with Crippen molar-refractivity contribution in [3.8, 4) is 0 Å². The van der Waals surface area contributed by atoms with Gasteiger partial charge in [0.05, 0.1) is 6.42 Å². The third-order valence-corrected chi connectivity index (χ3v) is 2.02. The van der Waals surface area contributed by atoms with Gasteiger partial charge in [-0.3, -0.25) is 4.79 Å². The van der Waals surface area contributed by atoms with Crippen molar-refractivity contribution in [2.75, 3.05) is 13.6 Å². The lowest BCUT2D eigenvalue weighted by Gasteiger charge is -2.16. The Labute approximate surface area is 99.0 Å². The van der Waals surface area contributed by atoms with E-state index in [9.17, 15) is 22.8 Å². The van der Waals surface area contributed by atoms with Crippen LogP contribution in [0.1, 0.15) is 27.5 Å². The second kappa shape index (κ2) is 5.07. The average molecular weight is 266 g/mol. The maximum absolute atomic E-state index is 11.9. The monoisotopic (exact) mass is 266 g/mol. The number of amides is 1. The van der Waals surface area contributed by atoms with E-state index >= 15 is 0 Å². The first-order valence-electron chi connectivity index (χ1n) is 4.73. The number of halogens is 3. The summed E-state index contributed by atoms with van der Waals surface area (Å²) in [6.07, 6.45) is -5.52. The molecule has 0 aliphatic rings. The van der Waals surface area contributed by atoms with E-state index in [0.717, 1.165) is 18.0 Å². The fourth-order valence-corrected chi connectivity index (χ4v) is 1.07. The Kier molecular flexibility index (Phi) is 3.94. The number of aromatic nitrogens is 1. The van der Waals surface area contributed by atoms with Gasteiger partial charge >= 0.3 is 12.1 Å². The van der Waals surface area contributed by atoms with Crippen molar-refractivity contribution in [2.45, 2.75) is 12.6 Å². The number of nitrogens with zero attached hydrogens (tertiary/aromatic N) is 2. The number of carboxylic acids is 1. The number of aromatic carboxylic acids is 1. The average Bonchev–Trinajstić information content (AvgIpc) is 2.73. The molecule has 0 aromatic carbocycles. The van der Waals surface area contributed by atoms with Gasteiger partial charge in [0.15, 0.2) is 5.69 Å². The van der Waals surface area contributed by atoms with E-state index in [1.807, 2.05) is 0 Å². The van der Waals surface area contributed by atoms with Gasteiger partial charge in [0.1, 0.15) is 0 Å². The molecule has 0 unspecified atom stereocenters. The summed E-state index contributed by atoms with van der Waals surface area (Å²) >= 11 is 0. The zero-order valence-corrected chi connectivity index (χ0v) is 9.19. The van der Waals surface area contributed by atoms with Gasteiger partial charge in [-0.1, -0.05) is 5.16 Å². The van der Waals surface area contributed by atoms with Crippen molar-refractivity contribution in [3.05, 3.63) is 17.5 Å². The van der Waals surface area contributed by atoms with E-state index in [1.165, 1.54) is 0 Å². The van der Waals surface area contributed by atoms with Crippen LogP contribution in [-0.4, -0.2) is 46.8 Å². The van der Waals surface area contributed by atoms with Crippen molar-refractivity contribution in [2.24, 2.45) is 0 Å². The molecule has 1 amide bonds. The van der Waals surface area contributed by atoms with Crippen LogP contribution in [0.2, 0.25) is 0 Å². The molecule has 0 spiro atoms. The first-order valence-corrected chi connectivity index (χ1v) is 4.73. The van der Waals surface area contributed by atoms with Crippen molar-refractivity contribution in [1.82, 2.24) is 10.1 Å². The standard InChI is InChI=1S/C9H9F3N2O4/c1-14(3-2-9(10,11)12)7(15)5-4-6(8(16)17)18-13-5/h4H,2-3H2,1H3,(H,16,17). The van der Waals surface area contributed by atoms with Gasteiger partial charge < -0.3 is 14.5 Å². The Bertz CT molecular complexity index is 455. The van der Waals surface area contributed by atoms with Gasteiger partial charge in [0.25, 0.3) is 5.91 Å². The summed E-state index contributed by atoms with van der Waals surface area (Å²) in [7, 11) is 1.16. The van der Waals surface area contributed by atoms with E-state index in [1.54, 1.807) is 0 Å². The molecule has 100 valence electrons. The minimum absolute atomic E-state index is 0.350. The minimum atomic E-state index is -4.37. The number of carbonyl (C=O) groups excluding carboxylic acids is 1. The predicted molar refractivity (Wildman–Crippen MR) is 51.1 cm³/mol. The summed E-state index contributed by atoms with van der Waals surface area (Å²) in [5, 5.41) is 11.7. The Balaban J connectivity index is 2.65. The highest BCUT2D eigenvalue weighted by molar-refractivity contribution is 5.94. The zero-order valence-electron chi connectivity index (χ0n) is 9.19. The minimum Gasteiger partial charge on any atom is -0.475 e. The van der Waals surface area contributed by atoms with E-state index in [2.05, 4.69) is 9.68 Å². The summed E-state index contributed by atoms with van der Waals surface area (Å²) in [6.45, 7) is -0.544. The molecule has 1 aromatic rings. The second-order valence-electron chi connectivity index (χ2n) is 3.47. The Morgan fingerprint density at radius 2 is 2.11 bits per heavy atom. The van der Waals surface area contributed by atoms with Crippen LogP contribution in [0.5, 0.6) is 0 Å². The summed E-state index contributed by atoms with van der Waals surface area (Å²) in [6, 6.07) is 0.856. The lowest BCUT2D eigenvalue weighted by molar-refractivity contribution is -0.136. The number of carbonyl (C=O) groups is 2. The fraction of sp³-hybridized carbons (Fsp3) is 0.444. The van der Waals surface area contributed by atoms with Gasteiger partial charge in [-0.15, -0.1) is 0 Å². The summed E-state index contributed by atoms with van der Waals surface area (Å²) in [5.74, 6) is -2.81. The Morgan fingerprint density at radius 1 is 1.50 bits per heavy atom. The summed E-state index contributed by atoms with van der Waals surface area (Å²) < 4.78 is 40.1. The van der Waals surface area contributed by atoms with Gasteiger partial charge in [-0.05, 0) is 0 Å². The van der Waals surface area contributed by atoms with Crippen LogP contribution < -0.4 is 0 Å². The molecule has 0 bridgehead atoms. The normalized spacial score (nSPS) is 11.3. The van der Waals surface area contributed by atoms with Gasteiger partial charge in [-0.25, -0.2) is 4.79 Å². The molecule has 0 fully saturated rings. The lowest BCUT2D eigenvalue weighted by atomic mass is 10.3. The van der Waals surface area contributed by atoms with Gasteiger partial charge in [-0.2, -0.15) is 13.2 Å². The molecule has 1 heterocycles. The number of rotatable bonds is 4. The van der Waals surface area contributed by atoms with Crippen molar-refractivity contribution >= 4 is 11.9 Å². The predicted octanol–water partition coefficient (Wildman–Crippen LogP) is 1.40. The molecule has 6 nitrogen and oxygen atoms in total. The molecule has 1 rings (SSSR count). The third kappa shape index (κ3) is 3.75.